The van der Waals surface area contributed by atoms with Crippen molar-refractivity contribution in [3.05, 3.63) is 42.5 Å². The first-order valence-electron chi connectivity index (χ1n) is 5.79. The van der Waals surface area contributed by atoms with E-state index in [2.05, 4.69) is 11.9 Å². The third kappa shape index (κ3) is 4.31. The predicted octanol–water partition coefficient (Wildman–Crippen LogP) is 2.45. The van der Waals surface area contributed by atoms with Gasteiger partial charge in [0.05, 0.1) is 0 Å². The van der Waals surface area contributed by atoms with Gasteiger partial charge in [0.2, 0.25) is 0 Å². The molecule has 0 aliphatic rings. The summed E-state index contributed by atoms with van der Waals surface area (Å²) in [6.07, 6.45) is 1.84. The summed E-state index contributed by atoms with van der Waals surface area (Å²) in [5.74, 6) is 0.615. The fourth-order valence-corrected chi connectivity index (χ4v) is 1.39. The van der Waals surface area contributed by atoms with Crippen molar-refractivity contribution in [3.63, 3.8) is 0 Å². The lowest BCUT2D eigenvalue weighted by Gasteiger charge is -2.16. The van der Waals surface area contributed by atoms with Crippen LogP contribution < -0.4 is 10.1 Å². The van der Waals surface area contributed by atoms with Crippen LogP contribution in [0.25, 0.3) is 0 Å². The molecule has 1 rings (SSSR count). The molecule has 1 aromatic rings. The highest BCUT2D eigenvalue weighted by Crippen LogP contribution is 2.14. The third-order valence-corrected chi connectivity index (χ3v) is 2.38. The van der Waals surface area contributed by atoms with Crippen molar-refractivity contribution in [1.82, 2.24) is 5.32 Å². The van der Waals surface area contributed by atoms with Gasteiger partial charge in [-0.15, -0.1) is 6.58 Å². The van der Waals surface area contributed by atoms with Crippen LogP contribution in [0.1, 0.15) is 18.9 Å². The highest BCUT2D eigenvalue weighted by Gasteiger charge is 2.17. The molecule has 3 heteroatoms. The van der Waals surface area contributed by atoms with Crippen molar-refractivity contribution in [1.29, 1.82) is 0 Å². The lowest BCUT2D eigenvalue weighted by Crippen LogP contribution is -2.37. The fraction of sp³-hybridized carbons (Fsp3) is 0.357. The Morgan fingerprint density at radius 2 is 2.12 bits per heavy atom. The smallest absolute Gasteiger partial charge is 0.261 e. The van der Waals surface area contributed by atoms with Gasteiger partial charge in [0.25, 0.3) is 5.91 Å². The van der Waals surface area contributed by atoms with E-state index in [0.717, 1.165) is 5.75 Å². The van der Waals surface area contributed by atoms with Crippen molar-refractivity contribution in [2.75, 3.05) is 6.54 Å². The van der Waals surface area contributed by atoms with Gasteiger partial charge in [-0.25, -0.2) is 0 Å². The van der Waals surface area contributed by atoms with E-state index in [4.69, 9.17) is 4.74 Å². The molecule has 3 nitrogen and oxygen atoms in total. The van der Waals surface area contributed by atoms with E-state index in [1.165, 1.54) is 5.56 Å². The Labute approximate surface area is 102 Å². The monoisotopic (exact) mass is 233 g/mol. The van der Waals surface area contributed by atoms with Crippen LogP contribution in [0.5, 0.6) is 5.75 Å². The van der Waals surface area contributed by atoms with Gasteiger partial charge in [-0.3, -0.25) is 4.79 Å². The molecule has 1 N–H and O–H groups in total. The molecular weight excluding hydrogens is 214 g/mol. The van der Waals surface area contributed by atoms with Crippen molar-refractivity contribution < 1.29 is 9.53 Å². The van der Waals surface area contributed by atoms with Gasteiger partial charge < -0.3 is 10.1 Å². The predicted molar refractivity (Wildman–Crippen MR) is 69.1 cm³/mol. The Bertz CT molecular complexity index is 370. The van der Waals surface area contributed by atoms with Gasteiger partial charge in [-0.1, -0.05) is 30.7 Å². The Balaban J connectivity index is 2.59. The first-order chi connectivity index (χ1) is 8.17. The summed E-state index contributed by atoms with van der Waals surface area (Å²) in [6, 6.07) is 7.67. The Hall–Kier alpha value is -1.77. The van der Waals surface area contributed by atoms with Crippen LogP contribution in [0.4, 0.5) is 0 Å². The van der Waals surface area contributed by atoms with E-state index >= 15 is 0 Å². The summed E-state index contributed by atoms with van der Waals surface area (Å²) in [7, 11) is 0. The van der Waals surface area contributed by atoms with Crippen LogP contribution in [0.2, 0.25) is 0 Å². The highest BCUT2D eigenvalue weighted by molar-refractivity contribution is 5.81. The number of nitrogens with one attached hydrogen (secondary N) is 1. The van der Waals surface area contributed by atoms with E-state index in [0.29, 0.717) is 13.0 Å². The molecule has 0 saturated carbocycles. The minimum atomic E-state index is -0.447. The second kappa shape index (κ2) is 6.74. The molecular formula is C14H19NO2. The second-order valence-corrected chi connectivity index (χ2v) is 3.86. The number of hydrogen-bond donors (Lipinski definition) is 1. The number of aryl methyl sites for hydroxylation is 1. The maximum Gasteiger partial charge on any atom is 0.261 e. The quantitative estimate of drug-likeness (QED) is 0.766. The molecule has 0 radical (unpaired) electrons. The zero-order chi connectivity index (χ0) is 12.7. The van der Waals surface area contributed by atoms with Crippen molar-refractivity contribution in [2.24, 2.45) is 0 Å². The van der Waals surface area contributed by atoms with Gasteiger partial charge in [0, 0.05) is 6.54 Å². The van der Waals surface area contributed by atoms with E-state index in [-0.39, 0.29) is 5.91 Å². The average Bonchev–Trinajstić information content (AvgIpc) is 2.35. The minimum absolute atomic E-state index is 0.104. The molecule has 17 heavy (non-hydrogen) atoms. The Kier molecular flexibility index (Phi) is 5.27. The minimum Gasteiger partial charge on any atom is -0.481 e. The summed E-state index contributed by atoms with van der Waals surface area (Å²) >= 11 is 0. The number of amides is 1. The second-order valence-electron chi connectivity index (χ2n) is 3.86. The number of rotatable bonds is 6. The summed E-state index contributed by atoms with van der Waals surface area (Å²) in [5.41, 5.74) is 1.17. The molecule has 1 atom stereocenters. The molecule has 0 aliphatic carbocycles. The van der Waals surface area contributed by atoms with Gasteiger partial charge in [0.1, 0.15) is 5.75 Å². The Morgan fingerprint density at radius 1 is 1.47 bits per heavy atom. The van der Waals surface area contributed by atoms with Crippen molar-refractivity contribution in [3.8, 4) is 5.75 Å². The normalized spacial score (nSPS) is 11.6. The Morgan fingerprint density at radius 3 is 2.65 bits per heavy atom. The fourth-order valence-electron chi connectivity index (χ4n) is 1.39. The molecule has 0 saturated heterocycles. The molecule has 0 unspecified atom stereocenters. The van der Waals surface area contributed by atoms with Gasteiger partial charge >= 0.3 is 0 Å². The zero-order valence-corrected chi connectivity index (χ0v) is 10.4. The first-order valence-corrected chi connectivity index (χ1v) is 5.79. The molecule has 92 valence electrons. The molecule has 1 amide bonds. The van der Waals surface area contributed by atoms with Crippen molar-refractivity contribution in [2.45, 2.75) is 26.4 Å². The van der Waals surface area contributed by atoms with Gasteiger partial charge in [-0.05, 0) is 25.5 Å². The molecule has 1 aromatic carbocycles. The third-order valence-electron chi connectivity index (χ3n) is 2.38. The van der Waals surface area contributed by atoms with Crippen LogP contribution in [0, 0.1) is 6.92 Å². The number of carbonyl (C=O) groups excluding carboxylic acids is 1. The lowest BCUT2D eigenvalue weighted by atomic mass is 10.2. The molecule has 0 aromatic heterocycles. The summed E-state index contributed by atoms with van der Waals surface area (Å²) < 4.78 is 5.63. The van der Waals surface area contributed by atoms with Crippen LogP contribution in [0.3, 0.4) is 0 Å². The lowest BCUT2D eigenvalue weighted by molar-refractivity contribution is -0.127. The number of carbonyl (C=O) groups is 1. The molecule has 0 bridgehead atoms. The summed E-state index contributed by atoms with van der Waals surface area (Å²) in [5, 5.41) is 2.73. The van der Waals surface area contributed by atoms with E-state index < -0.39 is 6.10 Å². The first kappa shape index (κ1) is 13.3. The van der Waals surface area contributed by atoms with E-state index in [1.807, 2.05) is 38.1 Å². The highest BCUT2D eigenvalue weighted by atomic mass is 16.5. The topological polar surface area (TPSA) is 38.3 Å². The molecule has 0 spiro atoms. The van der Waals surface area contributed by atoms with Crippen LogP contribution >= 0.6 is 0 Å². The summed E-state index contributed by atoms with van der Waals surface area (Å²) in [4.78, 5) is 11.7. The zero-order valence-electron chi connectivity index (χ0n) is 10.4. The number of hydrogen-bond acceptors (Lipinski definition) is 2. The number of ether oxygens (including phenoxy) is 1. The average molecular weight is 233 g/mol. The molecule has 0 fully saturated rings. The maximum atomic E-state index is 11.7. The number of benzene rings is 1. The van der Waals surface area contributed by atoms with Crippen LogP contribution in [-0.2, 0) is 4.79 Å². The largest absolute Gasteiger partial charge is 0.481 e. The van der Waals surface area contributed by atoms with Gasteiger partial charge in [-0.2, -0.15) is 0 Å². The van der Waals surface area contributed by atoms with E-state index in [1.54, 1.807) is 6.08 Å². The van der Waals surface area contributed by atoms with Gasteiger partial charge in [0.15, 0.2) is 6.10 Å². The standard InChI is InChI=1S/C14H19NO2/c1-4-10-15-14(16)13(5-2)17-12-8-6-11(3)7-9-12/h4,6-9,13H,1,5,10H2,2-3H3,(H,15,16)/t13-/m1/s1. The van der Waals surface area contributed by atoms with E-state index in [9.17, 15) is 4.79 Å². The maximum absolute atomic E-state index is 11.7. The van der Waals surface area contributed by atoms with Crippen molar-refractivity contribution >= 4 is 5.91 Å². The molecule has 0 aliphatic heterocycles. The van der Waals surface area contributed by atoms with Crippen LogP contribution in [-0.4, -0.2) is 18.6 Å². The summed E-state index contributed by atoms with van der Waals surface area (Å²) in [6.45, 7) is 7.96. The molecule has 0 heterocycles. The SMILES string of the molecule is C=CCNC(=O)[C@@H](CC)Oc1ccc(C)cc1. The van der Waals surface area contributed by atoms with Crippen LogP contribution in [0.15, 0.2) is 36.9 Å².